The molecule has 0 bridgehead atoms. The Kier molecular flexibility index (Phi) is 6.08. The molecular formula is C22H31N3O5. The van der Waals surface area contributed by atoms with Gasteiger partial charge in [-0.1, -0.05) is 17.3 Å². The minimum atomic E-state index is -0.765. The molecule has 0 radical (unpaired) electrons. The summed E-state index contributed by atoms with van der Waals surface area (Å²) in [5, 5.41) is 8.15. The molecule has 1 N–H and O–H groups in total. The lowest BCUT2D eigenvalue weighted by atomic mass is 9.95. The Morgan fingerprint density at radius 3 is 2.67 bits per heavy atom. The fourth-order valence-electron chi connectivity index (χ4n) is 3.48. The number of aromatic nitrogens is 1. The number of rotatable bonds is 3. The molecule has 1 aliphatic rings. The molecule has 2 aromatic rings. The van der Waals surface area contributed by atoms with Gasteiger partial charge in [0.15, 0.2) is 5.58 Å². The lowest BCUT2D eigenvalue weighted by Crippen LogP contribution is -2.48. The molecule has 1 atom stereocenters. The number of para-hydroxylation sites is 1. The van der Waals surface area contributed by atoms with Gasteiger partial charge in [-0.05, 0) is 53.2 Å². The van der Waals surface area contributed by atoms with Crippen molar-refractivity contribution in [3.8, 4) is 0 Å². The minimum absolute atomic E-state index is 0.209. The number of carbonyl (C=O) groups is 2. The number of nitrogens with one attached hydrogen (secondary N) is 1. The maximum Gasteiger partial charge on any atom is 0.410 e. The molecule has 1 aromatic carbocycles. The topological polar surface area (TPSA) is 93.9 Å². The van der Waals surface area contributed by atoms with Gasteiger partial charge in [-0.15, -0.1) is 0 Å². The third-order valence-electron chi connectivity index (χ3n) is 5.01. The first-order valence-electron chi connectivity index (χ1n) is 10.2. The van der Waals surface area contributed by atoms with Crippen LogP contribution in [0.5, 0.6) is 0 Å². The van der Waals surface area contributed by atoms with Gasteiger partial charge in [0.2, 0.25) is 5.91 Å². The van der Waals surface area contributed by atoms with E-state index in [0.29, 0.717) is 24.4 Å². The fraction of sp³-hybridized carbons (Fsp3) is 0.591. The molecule has 3 rings (SSSR count). The van der Waals surface area contributed by atoms with Crippen LogP contribution < -0.4 is 5.32 Å². The Morgan fingerprint density at radius 2 is 1.97 bits per heavy atom. The summed E-state index contributed by atoms with van der Waals surface area (Å²) in [6, 6.07) is 5.83. The normalized spacial score (nSPS) is 18.2. The maximum atomic E-state index is 13.1. The summed E-state index contributed by atoms with van der Waals surface area (Å²) >= 11 is 0. The van der Waals surface area contributed by atoms with Crippen LogP contribution in [0.2, 0.25) is 0 Å². The summed E-state index contributed by atoms with van der Waals surface area (Å²) in [5.41, 5.74) is 0.991. The van der Waals surface area contributed by atoms with Crippen molar-refractivity contribution in [1.29, 1.82) is 0 Å². The molecule has 1 saturated heterocycles. The van der Waals surface area contributed by atoms with Gasteiger partial charge in [-0.25, -0.2) is 4.79 Å². The Bertz CT molecular complexity index is 928. The van der Waals surface area contributed by atoms with Crippen molar-refractivity contribution in [2.45, 2.75) is 52.7 Å². The van der Waals surface area contributed by atoms with Gasteiger partial charge in [0.05, 0.1) is 24.7 Å². The van der Waals surface area contributed by atoms with E-state index in [4.69, 9.17) is 14.0 Å². The van der Waals surface area contributed by atoms with E-state index in [1.165, 1.54) is 4.90 Å². The van der Waals surface area contributed by atoms with Crippen LogP contribution in [-0.4, -0.2) is 54.0 Å². The van der Waals surface area contributed by atoms with Crippen LogP contribution in [0.4, 0.5) is 4.79 Å². The van der Waals surface area contributed by atoms with Crippen molar-refractivity contribution in [1.82, 2.24) is 15.4 Å². The van der Waals surface area contributed by atoms with Crippen molar-refractivity contribution in [3.05, 3.63) is 29.5 Å². The van der Waals surface area contributed by atoms with Gasteiger partial charge >= 0.3 is 6.09 Å². The molecule has 0 aliphatic carbocycles. The summed E-state index contributed by atoms with van der Waals surface area (Å²) in [4.78, 5) is 27.1. The van der Waals surface area contributed by atoms with Crippen molar-refractivity contribution in [2.24, 2.45) is 5.92 Å². The van der Waals surface area contributed by atoms with Crippen molar-refractivity contribution in [3.63, 3.8) is 0 Å². The molecule has 1 aromatic heterocycles. The van der Waals surface area contributed by atoms with Crippen LogP contribution in [0.15, 0.2) is 22.7 Å². The Hall–Kier alpha value is -2.61. The Morgan fingerprint density at radius 1 is 1.23 bits per heavy atom. The Balaban J connectivity index is 1.74. The third-order valence-corrected chi connectivity index (χ3v) is 5.01. The molecule has 1 aliphatic heterocycles. The highest BCUT2D eigenvalue weighted by molar-refractivity contribution is 5.85. The predicted molar refractivity (Wildman–Crippen MR) is 112 cm³/mol. The zero-order chi connectivity index (χ0) is 22.1. The first kappa shape index (κ1) is 22.1. The highest BCUT2D eigenvalue weighted by Gasteiger charge is 2.35. The zero-order valence-electron chi connectivity index (χ0n) is 18.6. The fourth-order valence-corrected chi connectivity index (χ4v) is 3.48. The number of nitrogens with zero attached hydrogens (tertiary/aromatic N) is 2. The van der Waals surface area contributed by atoms with Gasteiger partial charge in [0, 0.05) is 18.5 Å². The summed E-state index contributed by atoms with van der Waals surface area (Å²) in [6.07, 6.45) is -0.442. The second-order valence-electron chi connectivity index (χ2n) is 9.30. The first-order valence-corrected chi connectivity index (χ1v) is 10.2. The number of aryl methyl sites for hydroxylation is 1. The second kappa shape index (κ2) is 8.26. The van der Waals surface area contributed by atoms with E-state index in [2.05, 4.69) is 10.5 Å². The number of amides is 2. The molecule has 8 heteroatoms. The van der Waals surface area contributed by atoms with Crippen LogP contribution in [-0.2, 0) is 19.8 Å². The average molecular weight is 418 g/mol. The average Bonchev–Trinajstić information content (AvgIpc) is 2.92. The van der Waals surface area contributed by atoms with E-state index >= 15 is 0 Å². The highest BCUT2D eigenvalue weighted by atomic mass is 16.6. The number of benzene rings is 1. The molecule has 0 saturated carbocycles. The summed E-state index contributed by atoms with van der Waals surface area (Å²) in [5.74, 6) is -0.724. The predicted octanol–water partition coefficient (Wildman–Crippen LogP) is 3.37. The van der Waals surface area contributed by atoms with Crippen LogP contribution in [0, 0.1) is 12.8 Å². The molecule has 2 heterocycles. The third kappa shape index (κ3) is 4.92. The first-order chi connectivity index (χ1) is 14.0. The zero-order valence-corrected chi connectivity index (χ0v) is 18.6. The van der Waals surface area contributed by atoms with Crippen LogP contribution >= 0.6 is 0 Å². The summed E-state index contributed by atoms with van der Waals surface area (Å²) < 4.78 is 16.6. The van der Waals surface area contributed by atoms with Crippen LogP contribution in [0.25, 0.3) is 11.0 Å². The van der Waals surface area contributed by atoms with Crippen LogP contribution in [0.3, 0.4) is 0 Å². The van der Waals surface area contributed by atoms with Crippen molar-refractivity contribution < 1.29 is 23.6 Å². The number of hydrogen-bond acceptors (Lipinski definition) is 6. The van der Waals surface area contributed by atoms with Gasteiger partial charge < -0.3 is 24.2 Å². The van der Waals surface area contributed by atoms with Crippen molar-refractivity contribution in [2.75, 3.05) is 26.3 Å². The monoisotopic (exact) mass is 417 g/mol. The molecule has 1 fully saturated rings. The largest absolute Gasteiger partial charge is 0.444 e. The van der Waals surface area contributed by atoms with E-state index in [9.17, 15) is 9.59 Å². The molecule has 1 unspecified atom stereocenters. The Labute approximate surface area is 176 Å². The standard InChI is InChI=1S/C22H31N3O5/c1-14-8-7-9-16-17(14)30-24-18(16)22(5,6)23-19(26)15-12-25(10-11-28-13-15)20(27)29-21(2,3)4/h7-9,15H,10-13H2,1-6H3,(H,23,26). The lowest BCUT2D eigenvalue weighted by Gasteiger charge is -2.29. The molecule has 30 heavy (non-hydrogen) atoms. The molecular weight excluding hydrogens is 386 g/mol. The van der Waals surface area contributed by atoms with E-state index < -0.39 is 23.2 Å². The maximum absolute atomic E-state index is 13.1. The smallest absolute Gasteiger partial charge is 0.410 e. The summed E-state index contributed by atoms with van der Waals surface area (Å²) in [6.45, 7) is 12.4. The van der Waals surface area contributed by atoms with E-state index in [-0.39, 0.29) is 19.1 Å². The van der Waals surface area contributed by atoms with Gasteiger partial charge in [-0.3, -0.25) is 4.79 Å². The van der Waals surface area contributed by atoms with Gasteiger partial charge in [0.1, 0.15) is 11.3 Å². The van der Waals surface area contributed by atoms with Gasteiger partial charge in [0.25, 0.3) is 0 Å². The molecule has 8 nitrogen and oxygen atoms in total. The quantitative estimate of drug-likeness (QED) is 0.823. The van der Waals surface area contributed by atoms with E-state index in [1.54, 1.807) is 0 Å². The number of fused-ring (bicyclic) bond motifs is 1. The lowest BCUT2D eigenvalue weighted by molar-refractivity contribution is -0.128. The molecule has 2 amide bonds. The summed E-state index contributed by atoms with van der Waals surface area (Å²) in [7, 11) is 0. The molecule has 164 valence electrons. The van der Waals surface area contributed by atoms with Crippen molar-refractivity contribution >= 4 is 23.0 Å². The highest BCUT2D eigenvalue weighted by Crippen LogP contribution is 2.30. The second-order valence-corrected chi connectivity index (χ2v) is 9.30. The van der Waals surface area contributed by atoms with Crippen LogP contribution in [0.1, 0.15) is 45.9 Å². The van der Waals surface area contributed by atoms with Gasteiger partial charge in [-0.2, -0.15) is 0 Å². The number of carbonyl (C=O) groups excluding carboxylic acids is 2. The SMILES string of the molecule is Cc1cccc2c(C(C)(C)NC(=O)C3COCCN(C(=O)OC(C)(C)C)C3)noc12. The number of hydrogen-bond donors (Lipinski definition) is 1. The van der Waals surface area contributed by atoms with E-state index in [0.717, 1.165) is 10.9 Å². The molecule has 0 spiro atoms. The minimum Gasteiger partial charge on any atom is -0.444 e. The number of ether oxygens (including phenoxy) is 2. The van der Waals surface area contributed by atoms with E-state index in [1.807, 2.05) is 59.7 Å².